The van der Waals surface area contributed by atoms with Crippen LogP contribution in [0, 0.1) is 0 Å². The van der Waals surface area contributed by atoms with Crippen LogP contribution in [0.4, 0.5) is 10.5 Å². The van der Waals surface area contributed by atoms with E-state index in [-0.39, 0.29) is 12.1 Å². The molecule has 0 radical (unpaired) electrons. The summed E-state index contributed by atoms with van der Waals surface area (Å²) in [7, 11) is 0. The van der Waals surface area contributed by atoms with Crippen molar-refractivity contribution < 1.29 is 9.59 Å². The van der Waals surface area contributed by atoms with E-state index in [2.05, 4.69) is 16.0 Å². The van der Waals surface area contributed by atoms with Crippen LogP contribution in [0.25, 0.3) is 0 Å². The molecule has 25 heavy (non-hydrogen) atoms. The molecule has 2 aromatic rings. The first-order valence-electron chi connectivity index (χ1n) is 8.17. The summed E-state index contributed by atoms with van der Waals surface area (Å²) in [5.74, 6) is 0. The highest BCUT2D eigenvalue weighted by atomic mass is 35.5. The van der Waals surface area contributed by atoms with Gasteiger partial charge in [0.25, 0.3) is 0 Å². The summed E-state index contributed by atoms with van der Waals surface area (Å²) in [4.78, 5) is 22.7. The smallest absolute Gasteiger partial charge is 0.319 e. The topological polar surface area (TPSA) is 70.2 Å². The number of rotatable bonds is 8. The number of carbonyl (C=O) groups excluding carboxylic acids is 2. The molecule has 2 aromatic carbocycles. The second-order valence-electron chi connectivity index (χ2n) is 5.66. The number of urea groups is 1. The lowest BCUT2D eigenvalue weighted by atomic mass is 10.2. The van der Waals surface area contributed by atoms with Gasteiger partial charge in [0.1, 0.15) is 6.29 Å². The van der Waals surface area contributed by atoms with Crippen molar-refractivity contribution in [1.29, 1.82) is 0 Å². The molecule has 0 saturated heterocycles. The van der Waals surface area contributed by atoms with E-state index in [0.29, 0.717) is 23.8 Å². The minimum atomic E-state index is -0.271. The maximum absolute atomic E-state index is 11.9. The molecule has 0 saturated carbocycles. The van der Waals surface area contributed by atoms with E-state index in [1.54, 1.807) is 12.1 Å². The fraction of sp³-hybridized carbons (Fsp3) is 0.263. The van der Waals surface area contributed by atoms with Crippen molar-refractivity contribution in [2.75, 3.05) is 5.32 Å². The van der Waals surface area contributed by atoms with Crippen LogP contribution in [0.15, 0.2) is 48.5 Å². The zero-order valence-corrected chi connectivity index (χ0v) is 14.8. The van der Waals surface area contributed by atoms with Crippen LogP contribution >= 0.6 is 11.6 Å². The number of nitrogens with one attached hydrogen (secondary N) is 3. The van der Waals surface area contributed by atoms with Crippen molar-refractivity contribution in [3.8, 4) is 0 Å². The zero-order valence-electron chi connectivity index (χ0n) is 14.1. The van der Waals surface area contributed by atoms with Crippen LogP contribution in [0.2, 0.25) is 5.02 Å². The maximum atomic E-state index is 11.9. The van der Waals surface area contributed by atoms with Crippen LogP contribution in [0.3, 0.4) is 0 Å². The molecule has 0 aliphatic heterocycles. The first-order valence-corrected chi connectivity index (χ1v) is 8.55. The van der Waals surface area contributed by atoms with E-state index >= 15 is 0 Å². The standard InChI is InChI=1S/C19H22ClN3O2/c1-2-17(13-24)21-11-15-5-9-18(10-6-15)23-19(25)22-12-14-3-7-16(20)8-4-14/h3-10,13,17,21H,2,11-12H2,1H3,(H2,22,23,25)/t17-/m1/s1. The Hall–Kier alpha value is -2.37. The fourth-order valence-electron chi connectivity index (χ4n) is 2.20. The number of hydrogen-bond donors (Lipinski definition) is 3. The Bertz CT molecular complexity index is 687. The molecule has 2 amide bonds. The second-order valence-corrected chi connectivity index (χ2v) is 6.10. The molecule has 0 bridgehead atoms. The summed E-state index contributed by atoms with van der Waals surface area (Å²) in [5.41, 5.74) is 2.73. The van der Waals surface area contributed by atoms with Crippen molar-refractivity contribution in [3.63, 3.8) is 0 Å². The van der Waals surface area contributed by atoms with Crippen LogP contribution < -0.4 is 16.0 Å². The highest BCUT2D eigenvalue weighted by molar-refractivity contribution is 6.30. The number of amides is 2. The highest BCUT2D eigenvalue weighted by Gasteiger charge is 2.04. The number of aldehydes is 1. The van der Waals surface area contributed by atoms with Crippen molar-refractivity contribution in [1.82, 2.24) is 10.6 Å². The number of hydrogen-bond acceptors (Lipinski definition) is 3. The lowest BCUT2D eigenvalue weighted by Gasteiger charge is -2.11. The van der Waals surface area contributed by atoms with Crippen molar-refractivity contribution in [3.05, 3.63) is 64.7 Å². The lowest BCUT2D eigenvalue weighted by Crippen LogP contribution is -2.29. The van der Waals surface area contributed by atoms with Gasteiger partial charge in [-0.1, -0.05) is 42.8 Å². The third kappa shape index (κ3) is 6.57. The molecular formula is C19H22ClN3O2. The predicted molar refractivity (Wildman–Crippen MR) is 101 cm³/mol. The largest absolute Gasteiger partial charge is 0.334 e. The monoisotopic (exact) mass is 359 g/mol. The van der Waals surface area contributed by atoms with Gasteiger partial charge in [0.2, 0.25) is 0 Å². The van der Waals surface area contributed by atoms with E-state index < -0.39 is 0 Å². The Morgan fingerprint density at radius 3 is 2.24 bits per heavy atom. The summed E-state index contributed by atoms with van der Waals surface area (Å²) >= 11 is 5.83. The lowest BCUT2D eigenvalue weighted by molar-refractivity contribution is -0.109. The van der Waals surface area contributed by atoms with Crippen LogP contribution in [-0.2, 0) is 17.9 Å². The summed E-state index contributed by atoms with van der Waals surface area (Å²) in [6, 6.07) is 14.4. The molecule has 0 unspecified atom stereocenters. The Morgan fingerprint density at radius 2 is 1.64 bits per heavy atom. The van der Waals surface area contributed by atoms with Gasteiger partial charge in [0.05, 0.1) is 6.04 Å². The molecule has 2 rings (SSSR count). The first-order chi connectivity index (χ1) is 12.1. The molecule has 132 valence electrons. The molecule has 5 nitrogen and oxygen atoms in total. The maximum Gasteiger partial charge on any atom is 0.319 e. The summed E-state index contributed by atoms with van der Waals surface area (Å²) in [6.07, 6.45) is 1.68. The van der Waals surface area contributed by atoms with Crippen LogP contribution in [0.5, 0.6) is 0 Å². The van der Waals surface area contributed by atoms with Gasteiger partial charge in [-0.3, -0.25) is 0 Å². The average Bonchev–Trinajstić information content (AvgIpc) is 2.63. The van der Waals surface area contributed by atoms with E-state index in [1.807, 2.05) is 43.3 Å². The van der Waals surface area contributed by atoms with Gasteiger partial charge in [-0.2, -0.15) is 0 Å². The Balaban J connectivity index is 1.78. The van der Waals surface area contributed by atoms with Crippen LogP contribution in [-0.4, -0.2) is 18.4 Å². The number of anilines is 1. The number of carbonyl (C=O) groups is 2. The van der Waals surface area contributed by atoms with Gasteiger partial charge < -0.3 is 20.7 Å². The summed E-state index contributed by atoms with van der Waals surface area (Å²) in [6.45, 7) is 3.00. The SMILES string of the molecule is CC[C@H](C=O)NCc1ccc(NC(=O)NCc2ccc(Cl)cc2)cc1. The normalized spacial score (nSPS) is 11.6. The van der Waals surface area contributed by atoms with Crippen molar-refractivity contribution in [2.45, 2.75) is 32.5 Å². The van der Waals surface area contributed by atoms with E-state index in [1.165, 1.54) is 0 Å². The first kappa shape index (κ1) is 19.0. The van der Waals surface area contributed by atoms with E-state index in [0.717, 1.165) is 23.8 Å². The summed E-state index contributed by atoms with van der Waals surface area (Å²) in [5, 5.41) is 9.41. The van der Waals surface area contributed by atoms with E-state index in [4.69, 9.17) is 11.6 Å². The van der Waals surface area contributed by atoms with E-state index in [9.17, 15) is 9.59 Å². The molecule has 0 aliphatic carbocycles. The third-order valence-electron chi connectivity index (χ3n) is 3.75. The van der Waals surface area contributed by atoms with Gasteiger partial charge in [0.15, 0.2) is 0 Å². The molecular weight excluding hydrogens is 338 g/mol. The molecule has 6 heteroatoms. The minimum absolute atomic E-state index is 0.128. The molecule has 0 fully saturated rings. The molecule has 0 spiro atoms. The number of halogens is 1. The van der Waals surface area contributed by atoms with Gasteiger partial charge in [-0.25, -0.2) is 4.79 Å². The van der Waals surface area contributed by atoms with Crippen molar-refractivity contribution in [2.24, 2.45) is 0 Å². The quantitative estimate of drug-likeness (QED) is 0.629. The predicted octanol–water partition coefficient (Wildman–Crippen LogP) is 3.73. The Labute approximate surface area is 152 Å². The Morgan fingerprint density at radius 1 is 1.04 bits per heavy atom. The zero-order chi connectivity index (χ0) is 18.1. The highest BCUT2D eigenvalue weighted by Crippen LogP contribution is 2.11. The minimum Gasteiger partial charge on any atom is -0.334 e. The fourth-order valence-corrected chi connectivity index (χ4v) is 2.33. The van der Waals surface area contributed by atoms with Crippen LogP contribution in [0.1, 0.15) is 24.5 Å². The second kappa shape index (κ2) is 9.81. The molecule has 0 heterocycles. The average molecular weight is 360 g/mol. The molecule has 0 aliphatic rings. The van der Waals surface area contributed by atoms with Crippen molar-refractivity contribution >= 4 is 29.6 Å². The molecule has 3 N–H and O–H groups in total. The van der Waals surface area contributed by atoms with Gasteiger partial charge in [-0.05, 0) is 41.8 Å². The Kier molecular flexibility index (Phi) is 7.44. The molecule has 1 atom stereocenters. The number of benzene rings is 2. The molecule has 0 aromatic heterocycles. The van der Waals surface area contributed by atoms with Gasteiger partial charge in [0, 0.05) is 23.8 Å². The van der Waals surface area contributed by atoms with Gasteiger partial charge in [-0.15, -0.1) is 0 Å². The summed E-state index contributed by atoms with van der Waals surface area (Å²) < 4.78 is 0. The van der Waals surface area contributed by atoms with Gasteiger partial charge >= 0.3 is 6.03 Å². The third-order valence-corrected chi connectivity index (χ3v) is 4.00.